The minimum atomic E-state index is -3.69. The molecule has 5 nitrogen and oxygen atoms in total. The molecule has 0 aliphatic rings. The molecule has 0 amide bonds. The largest absolute Gasteiger partial charge is 0.507 e. The monoisotopic (exact) mass is 330 g/mol. The molecule has 0 saturated carbocycles. The van der Waals surface area contributed by atoms with Gasteiger partial charge in [-0.25, -0.2) is 0 Å². The van der Waals surface area contributed by atoms with Crippen LogP contribution in [0, 0.1) is 0 Å². The summed E-state index contributed by atoms with van der Waals surface area (Å²) in [5.41, 5.74) is 1.04. The lowest BCUT2D eigenvalue weighted by molar-refractivity contribution is 0.229. The molecule has 0 aromatic heterocycles. The van der Waals surface area contributed by atoms with E-state index in [0.29, 0.717) is 11.1 Å². The van der Waals surface area contributed by atoms with Crippen molar-refractivity contribution in [3.63, 3.8) is 0 Å². The third kappa shape index (κ3) is 3.65. The van der Waals surface area contributed by atoms with E-state index < -0.39 is 7.60 Å². The highest BCUT2D eigenvalue weighted by Gasteiger charge is 2.36. The first kappa shape index (κ1) is 19.0. The lowest BCUT2D eigenvalue weighted by Crippen LogP contribution is -2.18. The molecule has 22 heavy (non-hydrogen) atoms. The van der Waals surface area contributed by atoms with Crippen LogP contribution in [0.3, 0.4) is 0 Å². The van der Waals surface area contributed by atoms with Crippen molar-refractivity contribution in [3.05, 3.63) is 17.2 Å². The Bertz CT molecular complexity index is 556. The second kappa shape index (κ2) is 7.49. The fourth-order valence-corrected chi connectivity index (χ4v) is 4.49. The fourth-order valence-electron chi connectivity index (χ4n) is 2.47. The van der Waals surface area contributed by atoms with Gasteiger partial charge in [-0.2, -0.15) is 0 Å². The first-order valence-corrected chi connectivity index (χ1v) is 9.22. The Morgan fingerprint density at radius 2 is 1.55 bits per heavy atom. The Hall–Kier alpha value is -1.03. The van der Waals surface area contributed by atoms with Crippen LogP contribution in [-0.4, -0.2) is 23.4 Å². The van der Waals surface area contributed by atoms with Gasteiger partial charge in [0.1, 0.15) is 16.8 Å². The molecule has 0 spiro atoms. The SMILES string of the molecule is CCOP(=O)(OCC)c1c(O)cc(C(C)C)c(O)c1C(C)C. The van der Waals surface area contributed by atoms with E-state index in [4.69, 9.17) is 9.05 Å². The van der Waals surface area contributed by atoms with Crippen LogP contribution in [0.15, 0.2) is 6.07 Å². The first-order valence-electron chi connectivity index (χ1n) is 7.67. The van der Waals surface area contributed by atoms with E-state index >= 15 is 0 Å². The molecule has 0 aliphatic carbocycles. The number of hydrogen-bond acceptors (Lipinski definition) is 5. The first-order chi connectivity index (χ1) is 10.2. The number of rotatable bonds is 7. The smallest absolute Gasteiger partial charge is 0.365 e. The average molecular weight is 330 g/mol. The summed E-state index contributed by atoms with van der Waals surface area (Å²) in [6, 6.07) is 1.45. The summed E-state index contributed by atoms with van der Waals surface area (Å²) in [6.07, 6.45) is 0. The molecule has 0 unspecified atom stereocenters. The molecular formula is C16H27O5P. The van der Waals surface area contributed by atoms with Gasteiger partial charge < -0.3 is 19.3 Å². The predicted molar refractivity (Wildman–Crippen MR) is 88.4 cm³/mol. The Morgan fingerprint density at radius 3 is 1.91 bits per heavy atom. The second-order valence-electron chi connectivity index (χ2n) is 5.74. The molecule has 0 heterocycles. The maximum atomic E-state index is 13.1. The Balaban J connectivity index is 3.72. The van der Waals surface area contributed by atoms with E-state index in [-0.39, 0.29) is 41.9 Å². The van der Waals surface area contributed by atoms with Crippen LogP contribution >= 0.6 is 7.60 Å². The Labute approximate surface area is 132 Å². The second-order valence-corrected chi connectivity index (χ2v) is 7.70. The van der Waals surface area contributed by atoms with Crippen molar-refractivity contribution in [3.8, 4) is 11.5 Å². The van der Waals surface area contributed by atoms with Crippen molar-refractivity contribution in [2.24, 2.45) is 0 Å². The molecule has 1 aromatic rings. The number of hydrogen-bond donors (Lipinski definition) is 2. The van der Waals surface area contributed by atoms with Crippen molar-refractivity contribution in [1.82, 2.24) is 0 Å². The maximum Gasteiger partial charge on any atom is 0.365 e. The van der Waals surface area contributed by atoms with Gasteiger partial charge in [-0.15, -0.1) is 0 Å². The van der Waals surface area contributed by atoms with Gasteiger partial charge >= 0.3 is 7.60 Å². The highest BCUT2D eigenvalue weighted by Crippen LogP contribution is 2.53. The van der Waals surface area contributed by atoms with Crippen LogP contribution in [0.2, 0.25) is 0 Å². The van der Waals surface area contributed by atoms with E-state index in [2.05, 4.69) is 0 Å². The number of phenols is 2. The molecule has 0 atom stereocenters. The molecule has 6 heteroatoms. The van der Waals surface area contributed by atoms with Crippen LogP contribution in [0.1, 0.15) is 64.5 Å². The molecule has 0 fully saturated rings. The Kier molecular flexibility index (Phi) is 6.48. The average Bonchev–Trinajstić information content (AvgIpc) is 2.40. The van der Waals surface area contributed by atoms with Crippen molar-refractivity contribution in [2.75, 3.05) is 13.2 Å². The molecule has 126 valence electrons. The normalized spacial score (nSPS) is 12.4. The number of aromatic hydroxyl groups is 2. The molecule has 0 radical (unpaired) electrons. The summed E-state index contributed by atoms with van der Waals surface area (Å²) in [4.78, 5) is 0. The highest BCUT2D eigenvalue weighted by molar-refractivity contribution is 7.62. The summed E-state index contributed by atoms with van der Waals surface area (Å²) in [7, 11) is -3.69. The highest BCUT2D eigenvalue weighted by atomic mass is 31.2. The van der Waals surface area contributed by atoms with Gasteiger partial charge in [-0.1, -0.05) is 27.7 Å². The lowest BCUT2D eigenvalue weighted by atomic mass is 9.93. The predicted octanol–water partition coefficient (Wildman–Crippen LogP) is 4.24. The standard InChI is InChI=1S/C16H27O5P/c1-7-20-22(19,21-8-2)16-13(17)9-12(10(3)4)15(18)14(16)11(5)6/h9-11,17-18H,7-8H2,1-6H3. The van der Waals surface area contributed by atoms with Crippen LogP contribution < -0.4 is 5.30 Å². The maximum absolute atomic E-state index is 13.1. The topological polar surface area (TPSA) is 76.0 Å². The van der Waals surface area contributed by atoms with Gasteiger partial charge in [0.25, 0.3) is 0 Å². The van der Waals surface area contributed by atoms with Crippen molar-refractivity contribution < 1.29 is 23.8 Å². The van der Waals surface area contributed by atoms with Crippen LogP contribution in [0.4, 0.5) is 0 Å². The molecule has 1 aromatic carbocycles. The van der Waals surface area contributed by atoms with Gasteiger partial charge in [-0.3, -0.25) is 4.57 Å². The van der Waals surface area contributed by atoms with E-state index in [0.717, 1.165) is 0 Å². The summed E-state index contributed by atoms with van der Waals surface area (Å²) in [5.74, 6) is -0.224. The fraction of sp³-hybridized carbons (Fsp3) is 0.625. The number of phenolic OH excluding ortho intramolecular Hbond substituents is 2. The quantitative estimate of drug-likeness (QED) is 0.578. The zero-order valence-electron chi connectivity index (χ0n) is 14.2. The van der Waals surface area contributed by atoms with Gasteiger partial charge in [0.2, 0.25) is 0 Å². The molecule has 2 N–H and O–H groups in total. The van der Waals surface area contributed by atoms with E-state index in [1.165, 1.54) is 6.07 Å². The molecular weight excluding hydrogens is 303 g/mol. The third-order valence-electron chi connectivity index (χ3n) is 3.39. The van der Waals surface area contributed by atoms with Crippen LogP contribution in [-0.2, 0) is 13.6 Å². The van der Waals surface area contributed by atoms with Gasteiger partial charge in [0, 0.05) is 11.1 Å². The van der Waals surface area contributed by atoms with Crippen molar-refractivity contribution in [2.45, 2.75) is 53.4 Å². The summed E-state index contributed by atoms with van der Waals surface area (Å²) < 4.78 is 23.8. The summed E-state index contributed by atoms with van der Waals surface area (Å²) in [5, 5.41) is 21.1. The zero-order valence-corrected chi connectivity index (χ0v) is 15.1. The van der Waals surface area contributed by atoms with Crippen LogP contribution in [0.5, 0.6) is 11.5 Å². The zero-order chi connectivity index (χ0) is 17.1. The molecule has 0 saturated heterocycles. The van der Waals surface area contributed by atoms with Crippen molar-refractivity contribution in [1.29, 1.82) is 0 Å². The minimum Gasteiger partial charge on any atom is -0.507 e. The van der Waals surface area contributed by atoms with E-state index in [1.807, 2.05) is 27.7 Å². The third-order valence-corrected chi connectivity index (χ3v) is 5.60. The minimum absolute atomic E-state index is 0.0241. The van der Waals surface area contributed by atoms with Crippen LogP contribution in [0.25, 0.3) is 0 Å². The Morgan fingerprint density at radius 1 is 1.05 bits per heavy atom. The van der Waals surface area contributed by atoms with Crippen molar-refractivity contribution >= 4 is 12.9 Å². The summed E-state index contributed by atoms with van der Waals surface area (Å²) >= 11 is 0. The number of benzene rings is 1. The van der Waals surface area contributed by atoms with Gasteiger partial charge in [0.15, 0.2) is 0 Å². The van der Waals surface area contributed by atoms with E-state index in [9.17, 15) is 14.8 Å². The molecule has 0 bridgehead atoms. The molecule has 1 rings (SSSR count). The van der Waals surface area contributed by atoms with Gasteiger partial charge in [-0.05, 0) is 31.7 Å². The van der Waals surface area contributed by atoms with E-state index in [1.54, 1.807) is 13.8 Å². The summed E-state index contributed by atoms with van der Waals surface area (Å²) in [6.45, 7) is 11.3. The lowest BCUT2D eigenvalue weighted by Gasteiger charge is -2.25. The molecule has 0 aliphatic heterocycles. The van der Waals surface area contributed by atoms with Gasteiger partial charge in [0.05, 0.1) is 13.2 Å².